The summed E-state index contributed by atoms with van der Waals surface area (Å²) in [5.74, 6) is 2.45. The molecule has 118 valence electrons. The lowest BCUT2D eigenvalue weighted by Crippen LogP contribution is -2.50. The van der Waals surface area contributed by atoms with Crippen LogP contribution in [0.1, 0.15) is 24.6 Å². The molecule has 2 aliphatic heterocycles. The lowest BCUT2D eigenvalue weighted by molar-refractivity contribution is 0.113. The minimum absolute atomic E-state index is 0.494. The van der Waals surface area contributed by atoms with Crippen molar-refractivity contribution in [1.82, 2.24) is 25.3 Å². The van der Waals surface area contributed by atoms with Crippen molar-refractivity contribution in [3.63, 3.8) is 0 Å². The highest BCUT2D eigenvalue weighted by Crippen LogP contribution is 2.16. The van der Waals surface area contributed by atoms with E-state index in [4.69, 9.17) is 4.52 Å². The van der Waals surface area contributed by atoms with Gasteiger partial charge in [-0.1, -0.05) is 5.16 Å². The number of rotatable bonds is 5. The van der Waals surface area contributed by atoms with Crippen LogP contribution in [0.3, 0.4) is 0 Å². The fourth-order valence-electron chi connectivity index (χ4n) is 3.30. The number of likely N-dealkylation sites (N-methyl/N-ethyl adjacent to an activating group) is 2. The van der Waals surface area contributed by atoms with Crippen molar-refractivity contribution >= 4 is 0 Å². The van der Waals surface area contributed by atoms with Crippen LogP contribution in [0, 0.1) is 5.92 Å². The van der Waals surface area contributed by atoms with Crippen molar-refractivity contribution in [2.45, 2.75) is 31.7 Å². The summed E-state index contributed by atoms with van der Waals surface area (Å²) in [6, 6.07) is 0.494. The first-order valence-electron chi connectivity index (χ1n) is 8.11. The molecule has 1 aromatic rings. The highest BCUT2D eigenvalue weighted by atomic mass is 16.5. The van der Waals surface area contributed by atoms with Crippen LogP contribution in [0.2, 0.25) is 0 Å². The largest absolute Gasteiger partial charge is 0.339 e. The van der Waals surface area contributed by atoms with Crippen molar-refractivity contribution in [2.24, 2.45) is 5.92 Å². The van der Waals surface area contributed by atoms with Crippen molar-refractivity contribution in [3.05, 3.63) is 11.7 Å². The highest BCUT2D eigenvalue weighted by Gasteiger charge is 2.24. The molecule has 0 aromatic carbocycles. The van der Waals surface area contributed by atoms with E-state index in [1.54, 1.807) is 0 Å². The van der Waals surface area contributed by atoms with E-state index < -0.39 is 0 Å². The second kappa shape index (κ2) is 6.85. The molecule has 2 fully saturated rings. The van der Waals surface area contributed by atoms with Gasteiger partial charge in [-0.15, -0.1) is 0 Å². The summed E-state index contributed by atoms with van der Waals surface area (Å²) in [7, 11) is 4.36. The van der Waals surface area contributed by atoms with Crippen molar-refractivity contribution < 1.29 is 4.52 Å². The van der Waals surface area contributed by atoms with E-state index in [9.17, 15) is 0 Å². The molecule has 1 aromatic heterocycles. The Bertz CT molecular complexity index is 443. The standard InChI is InChI=1S/C15H27N5O/c1-19-7-8-20(2)13(11-19)9-14-17-15(21-18-14)4-3-12-5-6-16-10-12/h12-13,16H,3-11H2,1-2H3. The Hall–Kier alpha value is -0.980. The molecule has 1 N–H and O–H groups in total. The first kappa shape index (κ1) is 14.9. The third-order valence-corrected chi connectivity index (χ3v) is 4.84. The molecule has 0 bridgehead atoms. The predicted molar refractivity (Wildman–Crippen MR) is 81.2 cm³/mol. The van der Waals surface area contributed by atoms with E-state index in [-0.39, 0.29) is 0 Å². The molecule has 0 aliphatic carbocycles. The molecule has 2 saturated heterocycles. The van der Waals surface area contributed by atoms with Crippen LogP contribution < -0.4 is 5.32 Å². The SMILES string of the molecule is CN1CCN(C)C(Cc2noc(CCC3CCNC3)n2)C1. The Morgan fingerprint density at radius 3 is 3.05 bits per heavy atom. The second-order valence-corrected chi connectivity index (χ2v) is 6.60. The van der Waals surface area contributed by atoms with Gasteiger partial charge in [0.2, 0.25) is 5.89 Å². The van der Waals surface area contributed by atoms with Crippen LogP contribution in [-0.4, -0.2) is 72.8 Å². The molecule has 2 atom stereocenters. The fraction of sp³-hybridized carbons (Fsp3) is 0.867. The molecule has 0 amide bonds. The summed E-state index contributed by atoms with van der Waals surface area (Å²) < 4.78 is 5.41. The molecule has 0 radical (unpaired) electrons. The van der Waals surface area contributed by atoms with Gasteiger partial charge in [0, 0.05) is 38.5 Å². The quantitative estimate of drug-likeness (QED) is 0.848. The zero-order chi connectivity index (χ0) is 14.7. The molecule has 0 saturated carbocycles. The van der Waals surface area contributed by atoms with Gasteiger partial charge >= 0.3 is 0 Å². The van der Waals surface area contributed by atoms with Crippen LogP contribution in [0.5, 0.6) is 0 Å². The Labute approximate surface area is 126 Å². The third kappa shape index (κ3) is 4.02. The maximum absolute atomic E-state index is 5.41. The number of hydrogen-bond donors (Lipinski definition) is 1. The number of piperazine rings is 1. The molecular weight excluding hydrogens is 266 g/mol. The Morgan fingerprint density at radius 1 is 1.33 bits per heavy atom. The lowest BCUT2D eigenvalue weighted by atomic mass is 10.0. The van der Waals surface area contributed by atoms with Gasteiger partial charge in [-0.2, -0.15) is 4.98 Å². The van der Waals surface area contributed by atoms with E-state index in [2.05, 4.69) is 39.4 Å². The third-order valence-electron chi connectivity index (χ3n) is 4.84. The molecule has 6 heteroatoms. The van der Waals surface area contributed by atoms with E-state index in [1.807, 2.05) is 0 Å². The molecule has 3 rings (SSSR count). The van der Waals surface area contributed by atoms with Crippen LogP contribution in [0.15, 0.2) is 4.52 Å². The summed E-state index contributed by atoms with van der Waals surface area (Å²) in [5, 5.41) is 7.57. The minimum atomic E-state index is 0.494. The molecule has 21 heavy (non-hydrogen) atoms. The summed E-state index contributed by atoms with van der Waals surface area (Å²) >= 11 is 0. The highest BCUT2D eigenvalue weighted by molar-refractivity contribution is 4.93. The molecule has 6 nitrogen and oxygen atoms in total. The van der Waals surface area contributed by atoms with Gasteiger partial charge in [0.25, 0.3) is 0 Å². The molecule has 2 aliphatic rings. The Balaban J connectivity index is 1.49. The van der Waals surface area contributed by atoms with Crippen LogP contribution >= 0.6 is 0 Å². The predicted octanol–water partition coefficient (Wildman–Crippen LogP) is 0.400. The van der Waals surface area contributed by atoms with Crippen molar-refractivity contribution in [3.8, 4) is 0 Å². The zero-order valence-corrected chi connectivity index (χ0v) is 13.2. The Morgan fingerprint density at radius 2 is 2.24 bits per heavy atom. The summed E-state index contributed by atoms with van der Waals surface area (Å²) in [4.78, 5) is 9.36. The first-order chi connectivity index (χ1) is 10.2. The average molecular weight is 293 g/mol. The maximum Gasteiger partial charge on any atom is 0.226 e. The van der Waals surface area contributed by atoms with Crippen molar-refractivity contribution in [2.75, 3.05) is 46.8 Å². The Kier molecular flexibility index (Phi) is 4.87. The van der Waals surface area contributed by atoms with Gasteiger partial charge in [-0.3, -0.25) is 0 Å². The molecule has 2 unspecified atom stereocenters. The average Bonchev–Trinajstić information content (AvgIpc) is 3.12. The molecular formula is C15H27N5O. The smallest absolute Gasteiger partial charge is 0.226 e. The van der Waals surface area contributed by atoms with E-state index in [0.29, 0.717) is 6.04 Å². The fourth-order valence-corrected chi connectivity index (χ4v) is 3.30. The van der Waals surface area contributed by atoms with Gasteiger partial charge < -0.3 is 19.6 Å². The van der Waals surface area contributed by atoms with E-state index in [0.717, 1.165) is 69.6 Å². The number of nitrogens with one attached hydrogen (secondary N) is 1. The van der Waals surface area contributed by atoms with Gasteiger partial charge in [-0.05, 0) is 45.9 Å². The van der Waals surface area contributed by atoms with Crippen LogP contribution in [-0.2, 0) is 12.8 Å². The number of hydrogen-bond acceptors (Lipinski definition) is 6. The summed E-state index contributed by atoms with van der Waals surface area (Å²) in [5.41, 5.74) is 0. The second-order valence-electron chi connectivity index (χ2n) is 6.60. The number of aryl methyl sites for hydroxylation is 1. The van der Waals surface area contributed by atoms with Crippen molar-refractivity contribution in [1.29, 1.82) is 0 Å². The number of aromatic nitrogens is 2. The van der Waals surface area contributed by atoms with Crippen LogP contribution in [0.4, 0.5) is 0 Å². The monoisotopic (exact) mass is 293 g/mol. The molecule has 3 heterocycles. The van der Waals surface area contributed by atoms with Gasteiger partial charge in [0.15, 0.2) is 5.82 Å². The number of nitrogens with zero attached hydrogens (tertiary/aromatic N) is 4. The summed E-state index contributed by atoms with van der Waals surface area (Å²) in [6.07, 6.45) is 4.23. The summed E-state index contributed by atoms with van der Waals surface area (Å²) in [6.45, 7) is 5.62. The first-order valence-corrected chi connectivity index (χ1v) is 8.11. The maximum atomic E-state index is 5.41. The topological polar surface area (TPSA) is 57.4 Å². The molecule has 0 spiro atoms. The van der Waals surface area contributed by atoms with Gasteiger partial charge in [0.05, 0.1) is 0 Å². The normalized spacial score (nSPS) is 28.3. The van der Waals surface area contributed by atoms with E-state index >= 15 is 0 Å². The van der Waals surface area contributed by atoms with Gasteiger partial charge in [-0.25, -0.2) is 0 Å². The minimum Gasteiger partial charge on any atom is -0.339 e. The van der Waals surface area contributed by atoms with Crippen LogP contribution in [0.25, 0.3) is 0 Å². The van der Waals surface area contributed by atoms with E-state index in [1.165, 1.54) is 6.42 Å². The zero-order valence-electron chi connectivity index (χ0n) is 13.2. The van der Waals surface area contributed by atoms with Gasteiger partial charge in [0.1, 0.15) is 0 Å². The lowest BCUT2D eigenvalue weighted by Gasteiger charge is -2.37.